The van der Waals surface area contributed by atoms with Gasteiger partial charge in [0.15, 0.2) is 0 Å². The Hall–Kier alpha value is -1.54. The third kappa shape index (κ3) is 15.7. The number of pyridine rings is 1. The maximum Gasteiger partial charge on any atom is 0.102 e. The van der Waals surface area contributed by atoms with E-state index >= 15 is 0 Å². The van der Waals surface area contributed by atoms with Gasteiger partial charge in [0.2, 0.25) is 0 Å². The summed E-state index contributed by atoms with van der Waals surface area (Å²) in [5.41, 5.74) is 1.19. The molecule has 0 bridgehead atoms. The first-order valence-electron chi connectivity index (χ1n) is 14.8. The van der Waals surface area contributed by atoms with E-state index in [1.54, 1.807) is 11.8 Å². The van der Waals surface area contributed by atoms with Crippen molar-refractivity contribution in [2.75, 3.05) is 18.7 Å². The van der Waals surface area contributed by atoms with Crippen LogP contribution < -0.4 is 26.5 Å². The average molecular weight is 905 g/mol. The number of benzene rings is 5. The monoisotopic (exact) mass is 901 g/mol. The number of aromatic nitrogens is 1. The van der Waals surface area contributed by atoms with Gasteiger partial charge in [-0.05, 0) is 85.3 Å². The number of hydrogen-bond acceptors (Lipinski definition) is 2. The average Bonchev–Trinajstić information content (AvgIpc) is 3.17. The zero-order chi connectivity index (χ0) is 34.0. The Balaban J connectivity index is 0.000000276. The third-order valence-corrected chi connectivity index (χ3v) is 12.3. The summed E-state index contributed by atoms with van der Waals surface area (Å²) in [6, 6.07) is 60.5. The molecule has 0 atom stereocenters. The zero-order valence-electron chi connectivity index (χ0n) is 26.4. The summed E-state index contributed by atoms with van der Waals surface area (Å²) >= 11 is 14.8. The molecule has 0 aliphatic heterocycles. The molecular weight excluding hydrogens is 863 g/mol. The number of nitrogens with zero attached hydrogens (tertiary/aromatic N) is 1. The van der Waals surface area contributed by atoms with Crippen molar-refractivity contribution in [3.05, 3.63) is 182 Å². The fourth-order valence-electron chi connectivity index (χ4n) is 4.85. The summed E-state index contributed by atoms with van der Waals surface area (Å²) in [4.78, 5) is 4.45. The van der Waals surface area contributed by atoms with Crippen LogP contribution in [0, 0.1) is 0 Å². The molecule has 0 fully saturated rings. The van der Waals surface area contributed by atoms with Gasteiger partial charge >= 0.3 is 56.6 Å². The van der Waals surface area contributed by atoms with E-state index in [-0.39, 0.29) is 0 Å². The fourth-order valence-corrected chi connectivity index (χ4v) is 10.0. The molecular formula is C39H41Br2Cu2NP2S+2. The van der Waals surface area contributed by atoms with Gasteiger partial charge in [0.25, 0.3) is 0 Å². The van der Waals surface area contributed by atoms with Crippen LogP contribution in [0.5, 0.6) is 0 Å². The van der Waals surface area contributed by atoms with Gasteiger partial charge in [-0.2, -0.15) is 11.8 Å². The van der Waals surface area contributed by atoms with Crippen LogP contribution in [0.3, 0.4) is 0 Å². The van der Waals surface area contributed by atoms with E-state index in [4.69, 9.17) is 0 Å². The van der Waals surface area contributed by atoms with Gasteiger partial charge in [-0.25, -0.2) is 0 Å². The van der Waals surface area contributed by atoms with Crippen molar-refractivity contribution in [2.24, 2.45) is 0 Å². The number of halogens is 2. The molecule has 252 valence electrons. The number of thioether (sulfide) groups is 1. The van der Waals surface area contributed by atoms with Gasteiger partial charge < -0.3 is 0 Å². The molecule has 0 amide bonds. The van der Waals surface area contributed by atoms with Crippen LogP contribution >= 0.6 is 55.8 Å². The summed E-state index contributed by atoms with van der Waals surface area (Å²) < 4.78 is 0. The second kappa shape index (κ2) is 27.3. The first-order chi connectivity index (χ1) is 23.3. The molecule has 0 N–H and O–H groups in total. The van der Waals surface area contributed by atoms with Crippen molar-refractivity contribution >= 4 is 82.3 Å². The molecule has 8 heteroatoms. The van der Waals surface area contributed by atoms with Gasteiger partial charge in [0, 0.05) is 18.3 Å². The maximum atomic E-state index is 4.45. The topological polar surface area (TPSA) is 12.9 Å². The van der Waals surface area contributed by atoms with Gasteiger partial charge in [-0.1, -0.05) is 97.1 Å². The minimum atomic E-state index is -0.877. The van der Waals surface area contributed by atoms with Crippen LogP contribution in [0.2, 0.25) is 0 Å². The van der Waals surface area contributed by atoms with Crippen molar-refractivity contribution < 1.29 is 28.4 Å². The van der Waals surface area contributed by atoms with E-state index in [1.165, 1.54) is 38.4 Å². The molecule has 0 aliphatic rings. The maximum absolute atomic E-state index is 4.45. The second-order valence-electron chi connectivity index (χ2n) is 9.91. The van der Waals surface area contributed by atoms with Gasteiger partial charge in [0.1, 0.15) is 15.9 Å². The first kappa shape index (κ1) is 41.6. The quantitative estimate of drug-likeness (QED) is 0.112. The predicted octanol–water partition coefficient (Wildman–Crippen LogP) is 9.33. The van der Waals surface area contributed by atoms with E-state index in [9.17, 15) is 0 Å². The van der Waals surface area contributed by atoms with E-state index in [2.05, 4.69) is 225 Å². The molecule has 1 nitrogen and oxygen atoms in total. The molecule has 1 heterocycles. The van der Waals surface area contributed by atoms with Crippen molar-refractivity contribution in [3.63, 3.8) is 0 Å². The van der Waals surface area contributed by atoms with Crippen molar-refractivity contribution in [2.45, 2.75) is 6.42 Å². The Bertz CT molecular complexity index is 1430. The molecule has 0 unspecified atom stereocenters. The molecule has 0 radical (unpaired) electrons. The van der Waals surface area contributed by atoms with E-state index < -0.39 is 15.8 Å². The normalized spacial score (nSPS) is 9.74. The molecule has 0 saturated heterocycles. The van der Waals surface area contributed by atoms with E-state index in [0.29, 0.717) is 0 Å². The summed E-state index contributed by atoms with van der Waals surface area (Å²) in [6.07, 6.45) is 8.18. The van der Waals surface area contributed by atoms with E-state index in [1.807, 2.05) is 24.8 Å². The molecule has 6 aromatic rings. The number of aryl methyl sites for hydroxylation is 1. The Kier molecular flexibility index (Phi) is 24.2. The van der Waals surface area contributed by atoms with E-state index in [0.717, 1.165) is 6.42 Å². The summed E-state index contributed by atoms with van der Waals surface area (Å²) in [5.74, 6) is 0. The number of hydrogen-bond donors (Lipinski definition) is 0. The molecule has 1 aromatic heterocycles. The minimum absolute atomic E-state index is 0.737. The Labute approximate surface area is 319 Å². The summed E-state index contributed by atoms with van der Waals surface area (Å²) in [5, 5.41) is 7.26. The SMILES string of the molecule is CSC.[Cu][Br].[Cu][Br].c1ccc([PH+](CCc2ccccn2)c2ccccc2)cc1.c1ccc([PH+](c2ccccc2)c2ccccc2)cc1. The molecule has 0 spiro atoms. The molecule has 6 rings (SSSR count). The van der Waals surface area contributed by atoms with Crippen LogP contribution in [-0.4, -0.2) is 23.7 Å². The van der Waals surface area contributed by atoms with Crippen LogP contribution in [0.4, 0.5) is 0 Å². The van der Waals surface area contributed by atoms with Gasteiger partial charge in [-0.15, -0.1) is 0 Å². The zero-order valence-corrected chi connectivity index (χ0v) is 34.2. The van der Waals surface area contributed by atoms with Crippen molar-refractivity contribution in [1.29, 1.82) is 0 Å². The summed E-state index contributed by atoms with van der Waals surface area (Å²) in [6.45, 7) is 0. The van der Waals surface area contributed by atoms with Crippen molar-refractivity contribution in [3.8, 4) is 0 Å². The van der Waals surface area contributed by atoms with Crippen LogP contribution in [0.25, 0.3) is 0 Å². The molecule has 47 heavy (non-hydrogen) atoms. The molecule has 0 aliphatic carbocycles. The summed E-state index contributed by atoms with van der Waals surface area (Å²) in [7, 11) is -1.61. The van der Waals surface area contributed by atoms with Crippen LogP contribution in [0.15, 0.2) is 176 Å². The number of rotatable bonds is 8. The van der Waals surface area contributed by atoms with Gasteiger partial charge in [0.05, 0.1) is 32.6 Å². The Morgan fingerprint density at radius 2 is 0.766 bits per heavy atom. The smallest absolute Gasteiger partial charge is 0.102 e. The second-order valence-corrected chi connectivity index (χ2v) is 15.8. The Morgan fingerprint density at radius 1 is 0.468 bits per heavy atom. The predicted molar refractivity (Wildman–Crippen MR) is 217 cm³/mol. The minimum Gasteiger partial charge on any atom is -0.261 e. The fraction of sp³-hybridized carbons (Fsp3) is 0.103. The van der Waals surface area contributed by atoms with Crippen LogP contribution in [-0.2, 0) is 34.8 Å². The van der Waals surface area contributed by atoms with Gasteiger partial charge in [-0.3, -0.25) is 4.98 Å². The largest absolute Gasteiger partial charge is 0.261 e. The first-order valence-corrected chi connectivity index (χ1v) is 24.3. The Morgan fingerprint density at radius 3 is 1.06 bits per heavy atom. The third-order valence-electron chi connectivity index (χ3n) is 6.79. The molecule has 0 saturated carbocycles. The van der Waals surface area contributed by atoms with Crippen molar-refractivity contribution in [1.82, 2.24) is 4.98 Å². The molecule has 5 aromatic carbocycles. The standard InChI is InChI=1S/C19H18NP.C18H15P.C2H6S.2BrH.2Cu/c1-3-10-18(11-4-1)21(19-12-5-2-6-13-19)16-14-17-9-7-8-15-20-17;1-4-10-16(11-5-1)19(17-12-6-2-7-13-17)18-14-8-3-9-15-18;1-3-2;;;;/h1-13,15H,14,16H2;1-15H;1-2H3;2*1H;;/q;;;;;2*+1. The van der Waals surface area contributed by atoms with Crippen LogP contribution in [0.1, 0.15) is 5.69 Å².